The molecule has 3 aromatic rings. The zero-order valence-electron chi connectivity index (χ0n) is 12.5. The van der Waals surface area contributed by atoms with Crippen molar-refractivity contribution in [2.24, 2.45) is 5.14 Å². The molecule has 1 heterocycles. The van der Waals surface area contributed by atoms with Crippen molar-refractivity contribution in [1.82, 2.24) is 9.97 Å². The van der Waals surface area contributed by atoms with E-state index in [-0.39, 0.29) is 4.90 Å². The number of nitrogen functional groups attached to an aromatic ring is 1. The summed E-state index contributed by atoms with van der Waals surface area (Å²) in [4.78, 5) is 8.33. The third-order valence-corrected chi connectivity index (χ3v) is 4.27. The van der Waals surface area contributed by atoms with Crippen molar-refractivity contribution in [1.29, 1.82) is 0 Å². The number of benzene rings is 2. The summed E-state index contributed by atoms with van der Waals surface area (Å²) in [5, 5.41) is 8.20. The number of para-hydroxylation sites is 1. The molecule has 122 valence electrons. The SMILES string of the molecule is Nc1cccc(-c2cc(Nc3ccccc3S(N)(=O)=O)ncn2)c1. The quantitative estimate of drug-likeness (QED) is 0.624. The van der Waals surface area contributed by atoms with Gasteiger partial charge in [0.25, 0.3) is 0 Å². The molecule has 0 fully saturated rings. The molecule has 3 rings (SSSR count). The van der Waals surface area contributed by atoms with Crippen molar-refractivity contribution in [3.05, 3.63) is 60.9 Å². The van der Waals surface area contributed by atoms with E-state index in [1.54, 1.807) is 36.4 Å². The lowest BCUT2D eigenvalue weighted by molar-refractivity contribution is 0.598. The van der Waals surface area contributed by atoms with E-state index in [0.29, 0.717) is 22.9 Å². The fraction of sp³-hybridized carbons (Fsp3) is 0. The van der Waals surface area contributed by atoms with Crippen LogP contribution in [0.3, 0.4) is 0 Å². The molecule has 0 atom stereocenters. The molecule has 24 heavy (non-hydrogen) atoms. The van der Waals surface area contributed by atoms with Gasteiger partial charge in [-0.25, -0.2) is 23.5 Å². The van der Waals surface area contributed by atoms with E-state index >= 15 is 0 Å². The second-order valence-corrected chi connectivity index (χ2v) is 6.61. The maximum atomic E-state index is 11.7. The second kappa shape index (κ2) is 6.26. The molecule has 8 heteroatoms. The molecule has 5 N–H and O–H groups in total. The standard InChI is InChI=1S/C16H15N5O2S/c17-12-5-3-4-11(8-12)14-9-16(20-10-19-14)21-13-6-1-2-7-15(13)24(18,22)23/h1-10H,17H2,(H2,18,22,23)(H,19,20,21). The highest BCUT2D eigenvalue weighted by Crippen LogP contribution is 2.25. The molecule has 0 spiro atoms. The number of nitrogens with zero attached hydrogens (tertiary/aromatic N) is 2. The molecule has 0 amide bonds. The van der Waals surface area contributed by atoms with Gasteiger partial charge in [0.1, 0.15) is 17.0 Å². The fourth-order valence-corrected chi connectivity index (χ4v) is 2.93. The van der Waals surface area contributed by atoms with Gasteiger partial charge in [-0.15, -0.1) is 0 Å². The first-order chi connectivity index (χ1) is 11.4. The Morgan fingerprint density at radius 3 is 2.50 bits per heavy atom. The zero-order chi connectivity index (χ0) is 17.2. The highest BCUT2D eigenvalue weighted by molar-refractivity contribution is 7.89. The van der Waals surface area contributed by atoms with E-state index < -0.39 is 10.0 Å². The second-order valence-electron chi connectivity index (χ2n) is 5.08. The number of hydrogen-bond acceptors (Lipinski definition) is 6. The average molecular weight is 341 g/mol. The lowest BCUT2D eigenvalue weighted by atomic mass is 10.1. The van der Waals surface area contributed by atoms with Crippen LogP contribution in [-0.2, 0) is 10.0 Å². The van der Waals surface area contributed by atoms with Gasteiger partial charge in [-0.05, 0) is 24.3 Å². The van der Waals surface area contributed by atoms with Crippen LogP contribution in [0.25, 0.3) is 11.3 Å². The van der Waals surface area contributed by atoms with Crippen molar-refractivity contribution in [3.63, 3.8) is 0 Å². The average Bonchev–Trinajstić information content (AvgIpc) is 2.55. The van der Waals surface area contributed by atoms with Crippen molar-refractivity contribution in [3.8, 4) is 11.3 Å². The van der Waals surface area contributed by atoms with Crippen LogP contribution < -0.4 is 16.2 Å². The first-order valence-electron chi connectivity index (χ1n) is 7.00. The first-order valence-corrected chi connectivity index (χ1v) is 8.55. The van der Waals surface area contributed by atoms with E-state index in [9.17, 15) is 8.42 Å². The Balaban J connectivity index is 1.97. The van der Waals surface area contributed by atoms with Crippen LogP contribution in [0, 0.1) is 0 Å². The zero-order valence-corrected chi connectivity index (χ0v) is 13.4. The van der Waals surface area contributed by atoms with Gasteiger partial charge in [-0.2, -0.15) is 0 Å². The van der Waals surface area contributed by atoms with Crippen LogP contribution in [0.1, 0.15) is 0 Å². The van der Waals surface area contributed by atoms with Crippen molar-refractivity contribution < 1.29 is 8.42 Å². The third kappa shape index (κ3) is 3.50. The summed E-state index contributed by atoms with van der Waals surface area (Å²) < 4.78 is 23.3. The minimum atomic E-state index is -3.84. The van der Waals surface area contributed by atoms with E-state index in [0.717, 1.165) is 5.56 Å². The maximum Gasteiger partial charge on any atom is 0.240 e. The van der Waals surface area contributed by atoms with Gasteiger partial charge in [0, 0.05) is 17.3 Å². The molecule has 0 radical (unpaired) electrons. The summed E-state index contributed by atoms with van der Waals surface area (Å²) in [6.45, 7) is 0. The first kappa shape index (κ1) is 15.9. The number of aromatic nitrogens is 2. The van der Waals surface area contributed by atoms with Crippen LogP contribution in [0.5, 0.6) is 0 Å². The van der Waals surface area contributed by atoms with Crippen LogP contribution in [0.2, 0.25) is 0 Å². The normalized spacial score (nSPS) is 11.2. The number of rotatable bonds is 4. The Kier molecular flexibility index (Phi) is 4.15. The highest BCUT2D eigenvalue weighted by Gasteiger charge is 2.13. The van der Waals surface area contributed by atoms with Crippen molar-refractivity contribution >= 4 is 27.2 Å². The summed E-state index contributed by atoms with van der Waals surface area (Å²) >= 11 is 0. The number of nitrogens with one attached hydrogen (secondary N) is 1. The Morgan fingerprint density at radius 1 is 0.958 bits per heavy atom. The molecule has 0 aliphatic rings. The minimum absolute atomic E-state index is 0.00545. The molecule has 0 saturated heterocycles. The molecule has 0 aliphatic carbocycles. The molecule has 2 aromatic carbocycles. The van der Waals surface area contributed by atoms with Gasteiger partial charge < -0.3 is 11.1 Å². The summed E-state index contributed by atoms with van der Waals surface area (Å²) in [6.07, 6.45) is 1.39. The molecule has 0 saturated carbocycles. The van der Waals surface area contributed by atoms with Gasteiger partial charge in [-0.3, -0.25) is 0 Å². The maximum absolute atomic E-state index is 11.7. The largest absolute Gasteiger partial charge is 0.399 e. The number of nitrogens with two attached hydrogens (primary N) is 2. The molecular formula is C16H15N5O2S. The number of primary sulfonamides is 1. The highest BCUT2D eigenvalue weighted by atomic mass is 32.2. The Hall–Kier alpha value is -2.97. The fourth-order valence-electron chi connectivity index (χ4n) is 2.24. The van der Waals surface area contributed by atoms with Gasteiger partial charge in [-0.1, -0.05) is 24.3 Å². The summed E-state index contributed by atoms with van der Waals surface area (Å²) in [6, 6.07) is 15.3. The van der Waals surface area contributed by atoms with Gasteiger partial charge in [0.2, 0.25) is 10.0 Å². The lowest BCUT2D eigenvalue weighted by Crippen LogP contribution is -2.14. The van der Waals surface area contributed by atoms with Crippen LogP contribution in [-0.4, -0.2) is 18.4 Å². The Bertz CT molecular complexity index is 989. The molecule has 0 aliphatic heterocycles. The third-order valence-electron chi connectivity index (χ3n) is 3.31. The summed E-state index contributed by atoms with van der Waals surface area (Å²) in [5.74, 6) is 0.443. The molecule has 1 aromatic heterocycles. The predicted molar refractivity (Wildman–Crippen MR) is 93.0 cm³/mol. The van der Waals surface area contributed by atoms with Gasteiger partial charge in [0.05, 0.1) is 11.4 Å². The van der Waals surface area contributed by atoms with Crippen LogP contribution in [0.15, 0.2) is 65.8 Å². The molecule has 0 unspecified atom stereocenters. The topological polar surface area (TPSA) is 124 Å². The number of sulfonamides is 1. The molecular weight excluding hydrogens is 326 g/mol. The smallest absolute Gasteiger partial charge is 0.240 e. The van der Waals surface area contributed by atoms with Crippen molar-refractivity contribution in [2.75, 3.05) is 11.1 Å². The number of hydrogen-bond donors (Lipinski definition) is 3. The van der Waals surface area contributed by atoms with Crippen LogP contribution in [0.4, 0.5) is 17.2 Å². The Labute approximate surface area is 139 Å². The summed E-state index contributed by atoms with van der Waals surface area (Å²) in [7, 11) is -3.84. The van der Waals surface area contributed by atoms with Gasteiger partial charge in [0.15, 0.2) is 0 Å². The predicted octanol–water partition coefficient (Wildman–Crippen LogP) is 2.12. The Morgan fingerprint density at radius 2 is 1.75 bits per heavy atom. The van der Waals surface area contributed by atoms with E-state index in [4.69, 9.17) is 10.9 Å². The number of anilines is 3. The summed E-state index contributed by atoms with van der Waals surface area (Å²) in [5.41, 5.74) is 8.25. The van der Waals surface area contributed by atoms with E-state index in [2.05, 4.69) is 15.3 Å². The molecule has 7 nitrogen and oxygen atoms in total. The van der Waals surface area contributed by atoms with Crippen molar-refractivity contribution in [2.45, 2.75) is 4.90 Å². The monoisotopic (exact) mass is 341 g/mol. The van der Waals surface area contributed by atoms with Crippen LogP contribution >= 0.6 is 0 Å². The molecule has 0 bridgehead atoms. The van der Waals surface area contributed by atoms with Gasteiger partial charge >= 0.3 is 0 Å². The lowest BCUT2D eigenvalue weighted by Gasteiger charge is -2.10. The minimum Gasteiger partial charge on any atom is -0.399 e. The van der Waals surface area contributed by atoms with E-state index in [1.807, 2.05) is 12.1 Å². The van der Waals surface area contributed by atoms with E-state index in [1.165, 1.54) is 12.4 Å².